The number of sulfone groups is 1. The maximum absolute atomic E-state index is 13.5. The Morgan fingerprint density at radius 2 is 2.11 bits per heavy atom. The highest BCUT2D eigenvalue weighted by Gasteiger charge is 2.12. The molecule has 0 saturated heterocycles. The van der Waals surface area contributed by atoms with Crippen LogP contribution in [0.25, 0.3) is 0 Å². The van der Waals surface area contributed by atoms with E-state index in [1.54, 1.807) is 6.92 Å². The zero-order valence-corrected chi connectivity index (χ0v) is 11.6. The number of benzene rings is 1. The molecule has 0 spiro atoms. The molecular formula is C12H17FN2O3S. The van der Waals surface area contributed by atoms with E-state index in [1.165, 1.54) is 18.2 Å². The first-order valence-electron chi connectivity index (χ1n) is 5.68. The van der Waals surface area contributed by atoms with Crippen molar-refractivity contribution in [1.82, 2.24) is 5.32 Å². The number of halogens is 1. The molecule has 0 aliphatic rings. The van der Waals surface area contributed by atoms with Gasteiger partial charge in [-0.15, -0.1) is 0 Å². The Balaban J connectivity index is 2.72. The average Bonchev–Trinajstić information content (AvgIpc) is 2.25. The Morgan fingerprint density at radius 3 is 2.63 bits per heavy atom. The van der Waals surface area contributed by atoms with Crippen LogP contribution in [0.2, 0.25) is 0 Å². The van der Waals surface area contributed by atoms with Gasteiger partial charge >= 0.3 is 0 Å². The van der Waals surface area contributed by atoms with Crippen LogP contribution in [0, 0.1) is 5.82 Å². The quantitative estimate of drug-likeness (QED) is 0.795. The molecule has 0 aliphatic heterocycles. The van der Waals surface area contributed by atoms with Gasteiger partial charge in [0.2, 0.25) is 5.91 Å². The van der Waals surface area contributed by atoms with E-state index in [2.05, 4.69) is 5.32 Å². The minimum atomic E-state index is -3.09. The van der Waals surface area contributed by atoms with Gasteiger partial charge in [-0.05, 0) is 25.1 Å². The summed E-state index contributed by atoms with van der Waals surface area (Å²) in [6.07, 6.45) is 1.14. The predicted octanol–water partition coefficient (Wildman–Crippen LogP) is 0.447. The van der Waals surface area contributed by atoms with Gasteiger partial charge in [-0.25, -0.2) is 12.8 Å². The highest BCUT2D eigenvalue weighted by molar-refractivity contribution is 7.90. The topological polar surface area (TPSA) is 89.3 Å². The zero-order chi connectivity index (χ0) is 14.6. The number of primary amides is 1. The Labute approximate surface area is 111 Å². The zero-order valence-electron chi connectivity index (χ0n) is 10.8. The van der Waals surface area contributed by atoms with Crippen LogP contribution in [0.5, 0.6) is 0 Å². The lowest BCUT2D eigenvalue weighted by molar-refractivity contribution is 0.1000. The van der Waals surface area contributed by atoms with Crippen LogP contribution < -0.4 is 11.1 Å². The molecule has 5 nitrogen and oxygen atoms in total. The number of amides is 1. The summed E-state index contributed by atoms with van der Waals surface area (Å²) < 4.78 is 35.7. The molecule has 0 bridgehead atoms. The Kier molecular flexibility index (Phi) is 5.02. The van der Waals surface area contributed by atoms with E-state index in [0.717, 1.165) is 6.26 Å². The van der Waals surface area contributed by atoms with Crippen LogP contribution in [-0.2, 0) is 16.4 Å². The summed E-state index contributed by atoms with van der Waals surface area (Å²) in [5, 5.41) is 2.89. The second-order valence-electron chi connectivity index (χ2n) is 4.54. The number of nitrogens with one attached hydrogen (secondary N) is 1. The fourth-order valence-corrected chi connectivity index (χ4v) is 2.69. The standard InChI is InChI=1S/C12H17FN2O3S/c1-8(7-19(2,17)18)15-6-10-5-9(12(14)16)3-4-11(10)13/h3-5,8,15H,6-7H2,1-2H3,(H2,14,16). The summed E-state index contributed by atoms with van der Waals surface area (Å²) in [6.45, 7) is 1.82. The van der Waals surface area contributed by atoms with E-state index >= 15 is 0 Å². The number of rotatable bonds is 6. The van der Waals surface area contributed by atoms with Crippen molar-refractivity contribution in [1.29, 1.82) is 0 Å². The van der Waals surface area contributed by atoms with E-state index in [-0.39, 0.29) is 29.5 Å². The van der Waals surface area contributed by atoms with Gasteiger partial charge in [-0.2, -0.15) is 0 Å². The van der Waals surface area contributed by atoms with Crippen LogP contribution in [0.1, 0.15) is 22.8 Å². The molecule has 1 unspecified atom stereocenters. The maximum atomic E-state index is 13.5. The number of carbonyl (C=O) groups excluding carboxylic acids is 1. The van der Waals surface area contributed by atoms with E-state index in [9.17, 15) is 17.6 Å². The second-order valence-corrected chi connectivity index (χ2v) is 6.73. The molecule has 7 heteroatoms. The largest absolute Gasteiger partial charge is 0.366 e. The summed E-state index contributed by atoms with van der Waals surface area (Å²) in [6, 6.07) is 3.52. The molecular weight excluding hydrogens is 271 g/mol. The van der Waals surface area contributed by atoms with Crippen molar-refractivity contribution in [3.63, 3.8) is 0 Å². The summed E-state index contributed by atoms with van der Waals surface area (Å²) in [4.78, 5) is 11.0. The molecule has 0 radical (unpaired) electrons. The van der Waals surface area contributed by atoms with Crippen molar-refractivity contribution in [3.8, 4) is 0 Å². The predicted molar refractivity (Wildman–Crippen MR) is 70.9 cm³/mol. The molecule has 3 N–H and O–H groups in total. The molecule has 1 amide bonds. The van der Waals surface area contributed by atoms with Gasteiger partial charge in [-0.1, -0.05) is 0 Å². The van der Waals surface area contributed by atoms with Crippen LogP contribution in [0.3, 0.4) is 0 Å². The van der Waals surface area contributed by atoms with E-state index in [0.29, 0.717) is 0 Å². The monoisotopic (exact) mass is 288 g/mol. The first-order valence-corrected chi connectivity index (χ1v) is 7.74. The minimum Gasteiger partial charge on any atom is -0.366 e. The van der Waals surface area contributed by atoms with Gasteiger partial charge in [0.25, 0.3) is 0 Å². The van der Waals surface area contributed by atoms with E-state index in [4.69, 9.17) is 5.73 Å². The van der Waals surface area contributed by atoms with Gasteiger partial charge in [0.05, 0.1) is 5.75 Å². The van der Waals surface area contributed by atoms with Crippen molar-refractivity contribution in [3.05, 3.63) is 35.1 Å². The van der Waals surface area contributed by atoms with Crippen molar-refractivity contribution in [2.45, 2.75) is 19.5 Å². The SMILES string of the molecule is CC(CS(C)(=O)=O)NCc1cc(C(N)=O)ccc1F. The van der Waals surface area contributed by atoms with Gasteiger partial charge in [-0.3, -0.25) is 4.79 Å². The molecule has 0 aromatic heterocycles. The number of carbonyl (C=O) groups is 1. The van der Waals surface area contributed by atoms with E-state index in [1.807, 2.05) is 0 Å². The lowest BCUT2D eigenvalue weighted by Gasteiger charge is -2.13. The smallest absolute Gasteiger partial charge is 0.248 e. The summed E-state index contributed by atoms with van der Waals surface area (Å²) in [5.41, 5.74) is 5.60. The number of hydrogen-bond donors (Lipinski definition) is 2. The molecule has 0 aliphatic carbocycles. The Morgan fingerprint density at radius 1 is 1.47 bits per heavy atom. The molecule has 1 aromatic rings. The minimum absolute atomic E-state index is 0.0376. The number of hydrogen-bond acceptors (Lipinski definition) is 4. The highest BCUT2D eigenvalue weighted by atomic mass is 32.2. The lowest BCUT2D eigenvalue weighted by atomic mass is 10.1. The van der Waals surface area contributed by atoms with Crippen molar-refractivity contribution >= 4 is 15.7 Å². The van der Waals surface area contributed by atoms with Crippen LogP contribution in [0.15, 0.2) is 18.2 Å². The third kappa shape index (κ3) is 5.35. The van der Waals surface area contributed by atoms with Crippen molar-refractivity contribution < 1.29 is 17.6 Å². The van der Waals surface area contributed by atoms with Crippen molar-refractivity contribution in [2.75, 3.05) is 12.0 Å². The summed E-state index contributed by atoms with van der Waals surface area (Å²) in [5.74, 6) is -1.14. The normalized spacial score (nSPS) is 13.2. The van der Waals surface area contributed by atoms with Crippen molar-refractivity contribution in [2.24, 2.45) is 5.73 Å². The highest BCUT2D eigenvalue weighted by Crippen LogP contribution is 2.10. The van der Waals surface area contributed by atoms with Crippen LogP contribution in [0.4, 0.5) is 4.39 Å². The number of nitrogens with two attached hydrogens (primary N) is 1. The van der Waals surface area contributed by atoms with Gasteiger partial charge in [0.15, 0.2) is 0 Å². The maximum Gasteiger partial charge on any atom is 0.248 e. The molecule has 19 heavy (non-hydrogen) atoms. The molecule has 1 aromatic carbocycles. The van der Waals surface area contributed by atoms with Crippen LogP contribution in [-0.4, -0.2) is 32.4 Å². The molecule has 106 valence electrons. The summed E-state index contributed by atoms with van der Waals surface area (Å²) in [7, 11) is -3.09. The molecule has 0 heterocycles. The molecule has 0 fully saturated rings. The third-order valence-electron chi connectivity index (χ3n) is 2.52. The fourth-order valence-electron chi connectivity index (χ4n) is 1.66. The lowest BCUT2D eigenvalue weighted by Crippen LogP contribution is -2.32. The first kappa shape index (κ1) is 15.6. The Hall–Kier alpha value is -1.47. The van der Waals surface area contributed by atoms with Gasteiger partial charge in [0.1, 0.15) is 15.7 Å². The molecule has 1 atom stereocenters. The van der Waals surface area contributed by atoms with Gasteiger partial charge in [0, 0.05) is 30.0 Å². The second kappa shape index (κ2) is 6.12. The molecule has 1 rings (SSSR count). The Bertz CT molecular complexity index is 572. The van der Waals surface area contributed by atoms with E-state index < -0.39 is 21.6 Å². The first-order chi connectivity index (χ1) is 8.69. The van der Waals surface area contributed by atoms with Gasteiger partial charge < -0.3 is 11.1 Å². The molecule has 0 saturated carbocycles. The fraction of sp³-hybridized carbons (Fsp3) is 0.417. The average molecular weight is 288 g/mol. The summed E-state index contributed by atoms with van der Waals surface area (Å²) >= 11 is 0. The van der Waals surface area contributed by atoms with Crippen LogP contribution >= 0.6 is 0 Å². The third-order valence-corrected chi connectivity index (χ3v) is 3.63.